The Morgan fingerprint density at radius 1 is 1.13 bits per heavy atom. The topological polar surface area (TPSA) is 69.2 Å². The summed E-state index contributed by atoms with van der Waals surface area (Å²) in [6.45, 7) is 10.3. The molecule has 2 aromatic rings. The lowest BCUT2D eigenvalue weighted by Gasteiger charge is -2.33. The normalized spacial score (nSPS) is 18.7. The molecule has 0 bridgehead atoms. The van der Waals surface area contributed by atoms with E-state index in [2.05, 4.69) is 37.0 Å². The number of thiazole rings is 1. The molecule has 8 heteroatoms. The molecule has 0 amide bonds. The second kappa shape index (κ2) is 10.1. The molecule has 0 saturated carbocycles. The molecule has 0 radical (unpaired) electrons. The molecule has 166 valence electrons. The number of hydrogen-bond acceptors (Lipinski definition) is 8. The number of allylic oxidation sites excluding steroid dienone is 3. The van der Waals surface area contributed by atoms with Crippen molar-refractivity contribution >= 4 is 32.6 Å². The predicted octanol–water partition coefficient (Wildman–Crippen LogP) is 3.83. The van der Waals surface area contributed by atoms with Crippen molar-refractivity contribution in [2.45, 2.75) is 45.1 Å². The second-order valence-electron chi connectivity index (χ2n) is 8.14. The molecule has 7 nitrogen and oxygen atoms in total. The Hall–Kier alpha value is -2.61. The van der Waals surface area contributed by atoms with E-state index in [0.717, 1.165) is 71.7 Å². The molecule has 2 fully saturated rings. The highest BCUT2D eigenvalue weighted by Gasteiger charge is 2.24. The first-order valence-corrected chi connectivity index (χ1v) is 12.1. The molecule has 2 saturated heterocycles. The van der Waals surface area contributed by atoms with Gasteiger partial charge in [-0.05, 0) is 45.1 Å². The van der Waals surface area contributed by atoms with E-state index in [4.69, 9.17) is 4.98 Å². The lowest BCUT2D eigenvalue weighted by atomic mass is 10.0. The molecule has 2 N–H and O–H groups in total. The molecule has 0 unspecified atom stereocenters. The van der Waals surface area contributed by atoms with Crippen LogP contribution in [0, 0.1) is 0 Å². The molecular formula is C23H33N7S. The molecule has 0 aromatic carbocycles. The number of fused-ring (bicyclic) bond motifs is 1. The van der Waals surface area contributed by atoms with Crippen molar-refractivity contribution in [2.75, 3.05) is 43.0 Å². The van der Waals surface area contributed by atoms with Crippen molar-refractivity contribution in [2.24, 2.45) is 0 Å². The zero-order valence-electron chi connectivity index (χ0n) is 18.6. The number of nitrogens with zero attached hydrogens (tertiary/aromatic N) is 5. The Morgan fingerprint density at radius 2 is 1.90 bits per heavy atom. The standard InChI is InChI=1S/C23H33N7S/c1-4-5-9-19(24-3)17(2)27-18-10-14-30(15-11-18)23-28-20-21(25-16-26-22(20)31-23)29-12-7-6-8-13-29/h4-5,9,16,18,24,27H,2,6-8,10-15H2,1,3H3/b5-4-,19-9-. The van der Waals surface area contributed by atoms with Gasteiger partial charge in [-0.25, -0.2) is 15.0 Å². The number of anilines is 2. The van der Waals surface area contributed by atoms with Crippen LogP contribution in [0.5, 0.6) is 0 Å². The molecule has 0 atom stereocenters. The van der Waals surface area contributed by atoms with E-state index in [9.17, 15) is 0 Å². The maximum Gasteiger partial charge on any atom is 0.188 e. The molecule has 4 rings (SSSR count). The molecule has 31 heavy (non-hydrogen) atoms. The number of aromatic nitrogens is 3. The number of hydrogen-bond donors (Lipinski definition) is 2. The summed E-state index contributed by atoms with van der Waals surface area (Å²) in [5, 5.41) is 7.88. The van der Waals surface area contributed by atoms with Crippen molar-refractivity contribution in [3.63, 3.8) is 0 Å². The van der Waals surface area contributed by atoms with E-state index >= 15 is 0 Å². The zero-order valence-corrected chi connectivity index (χ0v) is 19.4. The van der Waals surface area contributed by atoms with E-state index in [1.54, 1.807) is 17.7 Å². The Labute approximate surface area is 189 Å². The lowest BCUT2D eigenvalue weighted by Crippen LogP contribution is -2.42. The van der Waals surface area contributed by atoms with E-state index in [0.29, 0.717) is 6.04 Å². The quantitative estimate of drug-likeness (QED) is 0.636. The third-order valence-electron chi connectivity index (χ3n) is 6.01. The lowest BCUT2D eigenvalue weighted by molar-refractivity contribution is 0.445. The number of rotatable bonds is 7. The van der Waals surface area contributed by atoms with Crippen LogP contribution in [0.3, 0.4) is 0 Å². The van der Waals surface area contributed by atoms with Gasteiger partial charge in [-0.15, -0.1) is 0 Å². The van der Waals surface area contributed by atoms with Crippen LogP contribution in [0.25, 0.3) is 10.3 Å². The fourth-order valence-corrected chi connectivity index (χ4v) is 5.23. The van der Waals surface area contributed by atoms with E-state index in [-0.39, 0.29) is 0 Å². The largest absolute Gasteiger partial charge is 0.386 e. The van der Waals surface area contributed by atoms with E-state index < -0.39 is 0 Å². The molecule has 0 aliphatic carbocycles. The van der Waals surface area contributed by atoms with Gasteiger partial charge in [-0.1, -0.05) is 30.1 Å². The van der Waals surface area contributed by atoms with Gasteiger partial charge in [0.25, 0.3) is 0 Å². The van der Waals surface area contributed by atoms with Gasteiger partial charge in [-0.3, -0.25) is 0 Å². The Morgan fingerprint density at radius 3 is 2.61 bits per heavy atom. The molecule has 2 aliphatic rings. The summed E-state index contributed by atoms with van der Waals surface area (Å²) in [6.07, 6.45) is 13.7. The monoisotopic (exact) mass is 439 g/mol. The van der Waals surface area contributed by atoms with Crippen LogP contribution in [0.2, 0.25) is 0 Å². The SMILES string of the molecule is C=C(NC1CCN(c2nc3c(N4CCCCC4)ncnc3s2)CC1)/C(=C/C=C\C)NC. The third-order valence-corrected chi connectivity index (χ3v) is 7.04. The number of likely N-dealkylation sites (N-methyl/N-ethyl adjacent to an activating group) is 1. The van der Waals surface area contributed by atoms with Gasteiger partial charge in [0.1, 0.15) is 11.8 Å². The molecule has 2 aromatic heterocycles. The minimum atomic E-state index is 0.421. The Balaban J connectivity index is 1.40. The summed E-state index contributed by atoms with van der Waals surface area (Å²) in [5.41, 5.74) is 2.93. The highest BCUT2D eigenvalue weighted by Crippen LogP contribution is 2.34. The molecule has 2 aliphatic heterocycles. The smallest absolute Gasteiger partial charge is 0.188 e. The van der Waals surface area contributed by atoms with Crippen LogP contribution < -0.4 is 20.4 Å². The summed E-state index contributed by atoms with van der Waals surface area (Å²) < 4.78 is 0. The maximum absolute atomic E-state index is 4.99. The van der Waals surface area contributed by atoms with Crippen LogP contribution in [-0.4, -0.2) is 54.2 Å². The van der Waals surface area contributed by atoms with E-state index in [1.165, 1.54) is 19.3 Å². The summed E-state index contributed by atoms with van der Waals surface area (Å²) in [6, 6.07) is 0.421. The Kier molecular flexibility index (Phi) is 7.06. The second-order valence-corrected chi connectivity index (χ2v) is 9.09. The zero-order chi connectivity index (χ0) is 21.6. The fourth-order valence-electron chi connectivity index (χ4n) is 4.27. The maximum atomic E-state index is 4.99. The summed E-state index contributed by atoms with van der Waals surface area (Å²) in [5.74, 6) is 1.01. The van der Waals surface area contributed by atoms with Crippen molar-refractivity contribution in [1.29, 1.82) is 0 Å². The fraction of sp³-hybridized carbons (Fsp3) is 0.522. The van der Waals surface area contributed by atoms with Crippen molar-refractivity contribution in [3.05, 3.63) is 42.5 Å². The van der Waals surface area contributed by atoms with Crippen LogP contribution >= 0.6 is 11.3 Å². The van der Waals surface area contributed by atoms with Crippen molar-refractivity contribution in [1.82, 2.24) is 25.6 Å². The average molecular weight is 440 g/mol. The summed E-state index contributed by atoms with van der Waals surface area (Å²) >= 11 is 1.69. The van der Waals surface area contributed by atoms with Crippen molar-refractivity contribution in [3.8, 4) is 0 Å². The van der Waals surface area contributed by atoms with E-state index in [1.807, 2.05) is 32.2 Å². The minimum absolute atomic E-state index is 0.421. The van der Waals surface area contributed by atoms with Gasteiger partial charge in [0.05, 0.1) is 11.4 Å². The van der Waals surface area contributed by atoms with Crippen LogP contribution in [0.1, 0.15) is 39.0 Å². The first-order chi connectivity index (χ1) is 15.2. The summed E-state index contributed by atoms with van der Waals surface area (Å²) in [4.78, 5) is 19.8. The molecular weight excluding hydrogens is 406 g/mol. The van der Waals surface area contributed by atoms with Crippen molar-refractivity contribution < 1.29 is 0 Å². The number of piperidine rings is 2. The van der Waals surface area contributed by atoms with Gasteiger partial charge >= 0.3 is 0 Å². The minimum Gasteiger partial charge on any atom is -0.386 e. The first-order valence-electron chi connectivity index (χ1n) is 11.3. The molecule has 4 heterocycles. The van der Waals surface area contributed by atoms with Gasteiger partial charge in [-0.2, -0.15) is 0 Å². The van der Waals surface area contributed by atoms with Gasteiger partial charge in [0.2, 0.25) is 0 Å². The van der Waals surface area contributed by atoms with Gasteiger partial charge < -0.3 is 20.4 Å². The highest BCUT2D eigenvalue weighted by atomic mass is 32.1. The Bertz CT molecular complexity index is 950. The average Bonchev–Trinajstić information content (AvgIpc) is 3.25. The first kappa shape index (κ1) is 21.6. The predicted molar refractivity (Wildman–Crippen MR) is 131 cm³/mol. The third kappa shape index (κ3) is 5.01. The molecule has 0 spiro atoms. The van der Waals surface area contributed by atoms with Crippen LogP contribution in [0.4, 0.5) is 10.9 Å². The summed E-state index contributed by atoms with van der Waals surface area (Å²) in [7, 11) is 1.93. The van der Waals surface area contributed by atoms with Gasteiger partial charge in [0, 0.05) is 39.3 Å². The number of nitrogens with one attached hydrogen (secondary N) is 2. The highest BCUT2D eigenvalue weighted by molar-refractivity contribution is 7.21. The van der Waals surface area contributed by atoms with Gasteiger partial charge in [0.15, 0.2) is 15.8 Å². The van der Waals surface area contributed by atoms with Crippen LogP contribution in [0.15, 0.2) is 42.5 Å². The van der Waals surface area contributed by atoms with Crippen LogP contribution in [-0.2, 0) is 0 Å².